The van der Waals surface area contributed by atoms with Gasteiger partial charge in [0.1, 0.15) is 23.4 Å². The third-order valence-corrected chi connectivity index (χ3v) is 7.29. The van der Waals surface area contributed by atoms with Gasteiger partial charge in [-0.2, -0.15) is 0 Å². The quantitative estimate of drug-likeness (QED) is 0.131. The standard InChI is InChI=1S/C26H25BrN4O3S/c1-17-4-8-20(9-5-17)16-34-24-13-10-21(14-23(24)27)25(15-30(32)33)35-26-29-28-19(3)31(26)22-11-6-18(2)7-12-22/h4-14,25H,15-16H2,1-3H3/t25-/m0/s1. The van der Waals surface area contributed by atoms with Gasteiger partial charge in [-0.3, -0.25) is 14.7 Å². The lowest BCUT2D eigenvalue weighted by molar-refractivity contribution is -0.479. The number of nitrogens with zero attached hydrogens (tertiary/aromatic N) is 4. The second-order valence-electron chi connectivity index (χ2n) is 8.29. The van der Waals surface area contributed by atoms with Gasteiger partial charge in [0, 0.05) is 10.6 Å². The number of hydrogen-bond acceptors (Lipinski definition) is 6. The molecule has 9 heteroatoms. The molecule has 1 atom stereocenters. The Morgan fingerprint density at radius 2 is 1.66 bits per heavy atom. The van der Waals surface area contributed by atoms with Crippen molar-refractivity contribution >= 4 is 27.7 Å². The molecule has 0 spiro atoms. The SMILES string of the molecule is Cc1ccc(COc2ccc([C@H](C[N+](=O)[O-])Sc3nnc(C)n3-c3ccc(C)cc3)cc2Br)cc1. The van der Waals surface area contributed by atoms with E-state index in [1.54, 1.807) is 0 Å². The fraction of sp³-hybridized carbons (Fsp3) is 0.231. The number of benzene rings is 3. The normalized spacial score (nSPS) is 11.9. The van der Waals surface area contributed by atoms with E-state index in [1.165, 1.54) is 17.3 Å². The van der Waals surface area contributed by atoms with Gasteiger partial charge in [0.05, 0.1) is 4.47 Å². The second kappa shape index (κ2) is 11.0. The van der Waals surface area contributed by atoms with E-state index in [-0.39, 0.29) is 11.5 Å². The Balaban J connectivity index is 1.56. The van der Waals surface area contributed by atoms with Crippen LogP contribution in [0.1, 0.15) is 33.3 Å². The largest absolute Gasteiger partial charge is 0.488 e. The fourth-order valence-corrected chi connectivity index (χ4v) is 5.24. The second-order valence-corrected chi connectivity index (χ2v) is 10.3. The minimum absolute atomic E-state index is 0.250. The number of halogens is 1. The third kappa shape index (κ3) is 6.29. The van der Waals surface area contributed by atoms with E-state index in [4.69, 9.17) is 4.74 Å². The van der Waals surface area contributed by atoms with Crippen LogP contribution in [0.15, 0.2) is 76.4 Å². The molecule has 35 heavy (non-hydrogen) atoms. The van der Waals surface area contributed by atoms with Crippen molar-refractivity contribution in [2.75, 3.05) is 6.54 Å². The van der Waals surface area contributed by atoms with Crippen LogP contribution in [0.3, 0.4) is 0 Å². The van der Waals surface area contributed by atoms with Gasteiger partial charge in [0.25, 0.3) is 0 Å². The summed E-state index contributed by atoms with van der Waals surface area (Å²) in [6.45, 7) is 6.13. The van der Waals surface area contributed by atoms with Crippen LogP contribution in [0.25, 0.3) is 5.69 Å². The highest BCUT2D eigenvalue weighted by atomic mass is 79.9. The Kier molecular flexibility index (Phi) is 7.87. The zero-order chi connectivity index (χ0) is 24.9. The monoisotopic (exact) mass is 552 g/mol. The van der Waals surface area contributed by atoms with Crippen molar-refractivity contribution in [3.05, 3.63) is 109 Å². The first-order valence-electron chi connectivity index (χ1n) is 11.1. The molecule has 0 bridgehead atoms. The molecule has 180 valence electrons. The molecule has 0 aliphatic rings. The number of aromatic nitrogens is 3. The summed E-state index contributed by atoms with van der Waals surface area (Å²) < 4.78 is 8.64. The van der Waals surface area contributed by atoms with Crippen molar-refractivity contribution in [2.24, 2.45) is 0 Å². The molecule has 0 fully saturated rings. The minimum Gasteiger partial charge on any atom is -0.488 e. The van der Waals surface area contributed by atoms with Gasteiger partial charge >= 0.3 is 0 Å². The fourth-order valence-electron chi connectivity index (χ4n) is 3.56. The molecule has 0 saturated carbocycles. The molecule has 0 saturated heterocycles. The molecule has 0 radical (unpaired) electrons. The number of nitro groups is 1. The molecule has 4 rings (SSSR count). The van der Waals surface area contributed by atoms with Crippen LogP contribution in [0.2, 0.25) is 0 Å². The van der Waals surface area contributed by atoms with Crippen LogP contribution in [0.5, 0.6) is 5.75 Å². The van der Waals surface area contributed by atoms with E-state index in [1.807, 2.05) is 92.1 Å². The summed E-state index contributed by atoms with van der Waals surface area (Å²) in [5, 5.41) is 20.2. The molecule has 0 N–H and O–H groups in total. The van der Waals surface area contributed by atoms with Gasteiger partial charge in [-0.25, -0.2) is 0 Å². The van der Waals surface area contributed by atoms with E-state index >= 15 is 0 Å². The first kappa shape index (κ1) is 24.9. The summed E-state index contributed by atoms with van der Waals surface area (Å²) in [6, 6.07) is 21.8. The van der Waals surface area contributed by atoms with E-state index in [0.717, 1.165) is 32.7 Å². The van der Waals surface area contributed by atoms with Crippen molar-refractivity contribution in [1.82, 2.24) is 14.8 Å². The zero-order valence-electron chi connectivity index (χ0n) is 19.6. The Morgan fingerprint density at radius 1 is 1.00 bits per heavy atom. The Bertz CT molecular complexity index is 1320. The van der Waals surface area contributed by atoms with E-state index < -0.39 is 5.25 Å². The van der Waals surface area contributed by atoms with Crippen molar-refractivity contribution in [3.8, 4) is 11.4 Å². The average molecular weight is 553 g/mol. The molecule has 0 aliphatic heterocycles. The average Bonchev–Trinajstić information content (AvgIpc) is 3.19. The van der Waals surface area contributed by atoms with Crippen LogP contribution in [-0.4, -0.2) is 26.2 Å². The summed E-state index contributed by atoms with van der Waals surface area (Å²) in [5.41, 5.74) is 5.13. The van der Waals surface area contributed by atoms with E-state index in [0.29, 0.717) is 17.5 Å². The summed E-state index contributed by atoms with van der Waals surface area (Å²) in [7, 11) is 0. The molecule has 0 aliphatic carbocycles. The maximum absolute atomic E-state index is 11.5. The molecular weight excluding hydrogens is 528 g/mol. The Labute approximate surface area is 216 Å². The lowest BCUT2D eigenvalue weighted by Crippen LogP contribution is -2.11. The van der Waals surface area contributed by atoms with E-state index in [2.05, 4.69) is 26.1 Å². The highest BCUT2D eigenvalue weighted by molar-refractivity contribution is 9.10. The maximum atomic E-state index is 11.5. The third-order valence-electron chi connectivity index (χ3n) is 5.49. The van der Waals surface area contributed by atoms with Crippen LogP contribution >= 0.6 is 27.7 Å². The minimum atomic E-state index is -0.458. The highest BCUT2D eigenvalue weighted by Gasteiger charge is 2.24. The molecule has 0 amide bonds. The molecule has 1 heterocycles. The predicted octanol–water partition coefficient (Wildman–Crippen LogP) is 6.64. The molecule has 3 aromatic carbocycles. The maximum Gasteiger partial charge on any atom is 0.220 e. The van der Waals surface area contributed by atoms with E-state index in [9.17, 15) is 10.1 Å². The van der Waals surface area contributed by atoms with Gasteiger partial charge in [0.2, 0.25) is 6.54 Å². The highest BCUT2D eigenvalue weighted by Crippen LogP contribution is 2.38. The lowest BCUT2D eigenvalue weighted by atomic mass is 10.1. The number of thioether (sulfide) groups is 1. The smallest absolute Gasteiger partial charge is 0.220 e. The molecule has 1 aromatic heterocycles. The predicted molar refractivity (Wildman–Crippen MR) is 141 cm³/mol. The number of aryl methyl sites for hydroxylation is 3. The number of rotatable bonds is 9. The van der Waals surface area contributed by atoms with Crippen molar-refractivity contribution in [2.45, 2.75) is 37.8 Å². The molecule has 0 unspecified atom stereocenters. The van der Waals surface area contributed by atoms with Crippen LogP contribution in [0, 0.1) is 30.9 Å². The van der Waals surface area contributed by atoms with Gasteiger partial charge < -0.3 is 4.74 Å². The van der Waals surface area contributed by atoms with Crippen molar-refractivity contribution < 1.29 is 9.66 Å². The van der Waals surface area contributed by atoms with Crippen LogP contribution in [0.4, 0.5) is 0 Å². The summed E-state index contributed by atoms with van der Waals surface area (Å²) in [5.74, 6) is 1.40. The zero-order valence-corrected chi connectivity index (χ0v) is 22.0. The Hall–Kier alpha value is -3.17. The van der Waals surface area contributed by atoms with Gasteiger partial charge in [-0.05, 0) is 72.1 Å². The van der Waals surface area contributed by atoms with Crippen LogP contribution < -0.4 is 4.74 Å². The number of ether oxygens (including phenoxy) is 1. The van der Waals surface area contributed by atoms with Crippen LogP contribution in [-0.2, 0) is 6.61 Å². The molecule has 4 aromatic rings. The van der Waals surface area contributed by atoms with Crippen molar-refractivity contribution in [1.29, 1.82) is 0 Å². The summed E-state index contributed by atoms with van der Waals surface area (Å²) >= 11 is 4.91. The first-order chi connectivity index (χ1) is 16.8. The topological polar surface area (TPSA) is 83.1 Å². The number of hydrogen-bond donors (Lipinski definition) is 0. The summed E-state index contributed by atoms with van der Waals surface area (Å²) in [6.07, 6.45) is 0. The van der Waals surface area contributed by atoms with Gasteiger partial charge in [0.15, 0.2) is 5.16 Å². The van der Waals surface area contributed by atoms with Crippen molar-refractivity contribution in [3.63, 3.8) is 0 Å². The Morgan fingerprint density at radius 3 is 2.29 bits per heavy atom. The van der Waals surface area contributed by atoms with Gasteiger partial charge in [-0.15, -0.1) is 10.2 Å². The molecule has 7 nitrogen and oxygen atoms in total. The van der Waals surface area contributed by atoms with Gasteiger partial charge in [-0.1, -0.05) is 65.4 Å². The molecular formula is C26H25BrN4O3S. The first-order valence-corrected chi connectivity index (χ1v) is 12.7. The lowest BCUT2D eigenvalue weighted by Gasteiger charge is -2.16. The summed E-state index contributed by atoms with van der Waals surface area (Å²) in [4.78, 5) is 11.2.